The van der Waals surface area contributed by atoms with Crippen molar-refractivity contribution < 1.29 is 9.59 Å². The summed E-state index contributed by atoms with van der Waals surface area (Å²) in [5.41, 5.74) is 4.11. The molecule has 2 aromatic carbocycles. The average molecular weight is 408 g/mol. The maximum absolute atomic E-state index is 12.6. The van der Waals surface area contributed by atoms with E-state index in [1.54, 1.807) is 11.9 Å². The molecule has 0 atom stereocenters. The van der Waals surface area contributed by atoms with Crippen LogP contribution in [0.1, 0.15) is 27.0 Å². The minimum Gasteiger partial charge on any atom is -0.353 e. The Morgan fingerprint density at radius 3 is 2.43 bits per heavy atom. The van der Waals surface area contributed by atoms with Gasteiger partial charge in [0.1, 0.15) is 0 Å². The summed E-state index contributed by atoms with van der Waals surface area (Å²) in [6.45, 7) is 4.60. The molecule has 2 amide bonds. The fourth-order valence-corrected chi connectivity index (χ4v) is 3.37. The lowest BCUT2D eigenvalue weighted by molar-refractivity contribution is -0.123. The summed E-state index contributed by atoms with van der Waals surface area (Å²) < 4.78 is 0. The zero-order chi connectivity index (χ0) is 21.5. The maximum Gasteiger partial charge on any atom is 0.254 e. The lowest BCUT2D eigenvalue weighted by Crippen LogP contribution is -2.49. The lowest BCUT2D eigenvalue weighted by atomic mass is 10.1. The van der Waals surface area contributed by atoms with Gasteiger partial charge in [0.05, 0.1) is 6.54 Å². The number of guanidine groups is 1. The first-order valence-electron chi connectivity index (χ1n) is 10.1. The first-order chi connectivity index (χ1) is 14.5. The molecule has 0 spiro atoms. The van der Waals surface area contributed by atoms with Crippen molar-refractivity contribution in [1.82, 2.24) is 20.4 Å². The largest absolute Gasteiger partial charge is 0.353 e. The van der Waals surface area contributed by atoms with Gasteiger partial charge in [0.15, 0.2) is 5.96 Å². The van der Waals surface area contributed by atoms with Crippen molar-refractivity contribution in [2.24, 2.45) is 4.99 Å². The smallest absolute Gasteiger partial charge is 0.254 e. The van der Waals surface area contributed by atoms with Crippen LogP contribution in [0.5, 0.6) is 0 Å². The van der Waals surface area contributed by atoms with Crippen molar-refractivity contribution >= 4 is 17.8 Å². The van der Waals surface area contributed by atoms with Gasteiger partial charge in [-0.05, 0) is 30.2 Å². The number of nitrogens with zero attached hydrogens (tertiary/aromatic N) is 3. The third kappa shape index (κ3) is 5.59. The highest BCUT2D eigenvalue weighted by Crippen LogP contribution is 2.10. The van der Waals surface area contributed by atoms with Gasteiger partial charge in [-0.1, -0.05) is 42.0 Å². The maximum atomic E-state index is 12.6. The number of carbonyl (C=O) groups excluding carboxylic acids is 2. The lowest BCUT2D eigenvalue weighted by Gasteiger charge is -2.26. The van der Waals surface area contributed by atoms with Crippen LogP contribution < -0.4 is 10.6 Å². The molecule has 1 aliphatic rings. The topological polar surface area (TPSA) is 77.0 Å². The van der Waals surface area contributed by atoms with E-state index in [2.05, 4.69) is 51.7 Å². The Hall–Kier alpha value is -3.35. The summed E-state index contributed by atoms with van der Waals surface area (Å²) in [5.74, 6) is 0.574. The van der Waals surface area contributed by atoms with Crippen molar-refractivity contribution in [1.29, 1.82) is 0 Å². The second-order valence-electron chi connectivity index (χ2n) is 7.52. The molecule has 0 aromatic heterocycles. The Bertz CT molecular complexity index is 906. The summed E-state index contributed by atoms with van der Waals surface area (Å²) in [6, 6.07) is 15.9. The second kappa shape index (κ2) is 9.91. The molecule has 3 rings (SSSR count). The number of aryl methyl sites for hydroxylation is 1. The van der Waals surface area contributed by atoms with Gasteiger partial charge in [-0.2, -0.15) is 0 Å². The molecule has 2 N–H and O–H groups in total. The van der Waals surface area contributed by atoms with Crippen molar-refractivity contribution in [3.8, 4) is 0 Å². The third-order valence-corrected chi connectivity index (χ3v) is 5.09. The van der Waals surface area contributed by atoms with E-state index in [-0.39, 0.29) is 18.4 Å². The van der Waals surface area contributed by atoms with Crippen LogP contribution in [-0.2, 0) is 17.9 Å². The van der Waals surface area contributed by atoms with Gasteiger partial charge in [-0.3, -0.25) is 14.6 Å². The van der Waals surface area contributed by atoms with Crippen molar-refractivity contribution in [2.45, 2.75) is 20.0 Å². The number of nitrogens with one attached hydrogen (secondary N) is 2. The Balaban J connectivity index is 1.54. The van der Waals surface area contributed by atoms with Crippen LogP contribution in [0.15, 0.2) is 53.5 Å². The molecule has 0 unspecified atom stereocenters. The SMILES string of the molecule is CN=C(NCc1ccc(C(=O)N2CCNC(=O)C2)cc1)N(C)Cc1ccc(C)cc1. The molecule has 1 aliphatic heterocycles. The van der Waals surface area contributed by atoms with Crippen LogP contribution in [0.4, 0.5) is 0 Å². The van der Waals surface area contributed by atoms with Gasteiger partial charge in [-0.15, -0.1) is 0 Å². The number of hydrogen-bond acceptors (Lipinski definition) is 3. The molecule has 1 saturated heterocycles. The molecule has 7 heteroatoms. The molecule has 2 aromatic rings. The van der Waals surface area contributed by atoms with E-state index in [9.17, 15) is 9.59 Å². The van der Waals surface area contributed by atoms with Crippen LogP contribution in [0.3, 0.4) is 0 Å². The summed E-state index contributed by atoms with van der Waals surface area (Å²) in [6.07, 6.45) is 0. The van der Waals surface area contributed by atoms with Crippen LogP contribution in [-0.4, -0.2) is 61.3 Å². The first kappa shape index (κ1) is 21.4. The van der Waals surface area contributed by atoms with Gasteiger partial charge < -0.3 is 20.4 Å². The Kier molecular flexibility index (Phi) is 7.06. The van der Waals surface area contributed by atoms with E-state index in [4.69, 9.17) is 0 Å². The van der Waals surface area contributed by atoms with E-state index < -0.39 is 0 Å². The number of amides is 2. The van der Waals surface area contributed by atoms with Gasteiger partial charge >= 0.3 is 0 Å². The molecule has 0 aliphatic carbocycles. The minimum absolute atomic E-state index is 0.113. The molecule has 7 nitrogen and oxygen atoms in total. The van der Waals surface area contributed by atoms with E-state index in [1.807, 2.05) is 31.3 Å². The first-order valence-corrected chi connectivity index (χ1v) is 10.1. The molecule has 0 bridgehead atoms. The Labute approximate surface area is 177 Å². The predicted octanol–water partition coefficient (Wildman–Crippen LogP) is 1.77. The summed E-state index contributed by atoms with van der Waals surface area (Å²) in [4.78, 5) is 32.1. The van der Waals surface area contributed by atoms with Gasteiger partial charge in [0.2, 0.25) is 5.91 Å². The fourth-order valence-electron chi connectivity index (χ4n) is 3.37. The summed E-state index contributed by atoms with van der Waals surface area (Å²) >= 11 is 0. The Morgan fingerprint density at radius 1 is 1.13 bits per heavy atom. The number of hydrogen-bond donors (Lipinski definition) is 2. The molecule has 1 heterocycles. The van der Waals surface area contributed by atoms with Crippen molar-refractivity contribution in [3.63, 3.8) is 0 Å². The number of rotatable bonds is 5. The van der Waals surface area contributed by atoms with Gasteiger partial charge in [0, 0.05) is 45.8 Å². The number of piperazine rings is 1. The van der Waals surface area contributed by atoms with Crippen molar-refractivity contribution in [3.05, 3.63) is 70.8 Å². The molecule has 0 radical (unpaired) electrons. The van der Waals surface area contributed by atoms with Crippen LogP contribution >= 0.6 is 0 Å². The number of carbonyl (C=O) groups is 2. The number of aliphatic imine (C=N–C) groups is 1. The zero-order valence-corrected chi connectivity index (χ0v) is 17.8. The summed E-state index contributed by atoms with van der Waals surface area (Å²) in [5, 5.41) is 6.09. The molecular weight excluding hydrogens is 378 g/mol. The number of benzene rings is 2. The Morgan fingerprint density at radius 2 is 1.80 bits per heavy atom. The van der Waals surface area contributed by atoms with Gasteiger partial charge in [-0.25, -0.2) is 0 Å². The average Bonchev–Trinajstić information content (AvgIpc) is 2.76. The molecular formula is C23H29N5O2. The molecule has 0 saturated carbocycles. The van der Waals surface area contributed by atoms with E-state index in [1.165, 1.54) is 11.1 Å². The molecule has 30 heavy (non-hydrogen) atoms. The van der Waals surface area contributed by atoms with Crippen LogP contribution in [0.2, 0.25) is 0 Å². The van der Waals surface area contributed by atoms with E-state index in [0.717, 1.165) is 18.1 Å². The third-order valence-electron chi connectivity index (χ3n) is 5.09. The van der Waals surface area contributed by atoms with E-state index >= 15 is 0 Å². The van der Waals surface area contributed by atoms with Crippen LogP contribution in [0.25, 0.3) is 0 Å². The standard InChI is InChI=1S/C23H29N5O2/c1-17-4-6-19(7-5-17)15-27(3)23(24-2)26-14-18-8-10-20(11-9-18)22(30)28-13-12-25-21(29)16-28/h4-11H,12-16H2,1-3H3,(H,24,26)(H,25,29). The van der Waals surface area contributed by atoms with Gasteiger partial charge in [0.25, 0.3) is 5.91 Å². The highest BCUT2D eigenvalue weighted by molar-refractivity contribution is 5.97. The second-order valence-corrected chi connectivity index (χ2v) is 7.52. The monoisotopic (exact) mass is 407 g/mol. The van der Waals surface area contributed by atoms with Crippen LogP contribution in [0, 0.1) is 6.92 Å². The van der Waals surface area contributed by atoms with E-state index in [0.29, 0.717) is 25.2 Å². The predicted molar refractivity (Wildman–Crippen MR) is 118 cm³/mol. The normalized spacial score (nSPS) is 14.3. The minimum atomic E-state index is -0.114. The molecule has 1 fully saturated rings. The zero-order valence-electron chi connectivity index (χ0n) is 17.8. The quantitative estimate of drug-likeness (QED) is 0.585. The summed E-state index contributed by atoms with van der Waals surface area (Å²) in [7, 11) is 3.77. The highest BCUT2D eigenvalue weighted by atomic mass is 16.2. The highest BCUT2D eigenvalue weighted by Gasteiger charge is 2.22. The van der Waals surface area contributed by atoms with Crippen molar-refractivity contribution in [2.75, 3.05) is 33.7 Å². The molecule has 158 valence electrons. The fraction of sp³-hybridized carbons (Fsp3) is 0.348.